The Kier molecular flexibility index (Phi) is 5.09. The molecule has 0 aromatic carbocycles. The number of amides is 1. The molecule has 7 nitrogen and oxygen atoms in total. The third kappa shape index (κ3) is 4.79. The molecule has 1 heterocycles. The molecule has 5 N–H and O–H groups in total. The summed E-state index contributed by atoms with van der Waals surface area (Å²) in [7, 11) is 0. The van der Waals surface area contributed by atoms with E-state index in [9.17, 15) is 9.90 Å². The highest BCUT2D eigenvalue weighted by atomic mass is 16.3. The fourth-order valence-corrected chi connectivity index (χ4v) is 2.69. The smallest absolute Gasteiger partial charge is 0.254 e. The number of nitrogens with two attached hydrogens (primary N) is 1. The van der Waals surface area contributed by atoms with Gasteiger partial charge in [-0.3, -0.25) is 4.79 Å². The van der Waals surface area contributed by atoms with Crippen LogP contribution >= 0.6 is 0 Å². The molecule has 1 saturated carbocycles. The van der Waals surface area contributed by atoms with Gasteiger partial charge in [-0.05, 0) is 46.0 Å². The lowest BCUT2D eigenvalue weighted by atomic mass is 9.85. The number of carbonyl (C=O) groups excluding carboxylic acids is 1. The molecule has 0 radical (unpaired) electrons. The van der Waals surface area contributed by atoms with Crippen molar-refractivity contribution in [1.29, 1.82) is 0 Å². The van der Waals surface area contributed by atoms with E-state index >= 15 is 0 Å². The minimum Gasteiger partial charge on any atom is -0.393 e. The number of anilines is 2. The van der Waals surface area contributed by atoms with Crippen LogP contribution in [0.4, 0.5) is 11.8 Å². The summed E-state index contributed by atoms with van der Waals surface area (Å²) in [5, 5.41) is 16.5. The summed E-state index contributed by atoms with van der Waals surface area (Å²) in [4.78, 5) is 20.2. The minimum atomic E-state index is -0.570. The molecule has 1 aromatic heterocycles. The Hall–Kier alpha value is -1.89. The molecule has 1 fully saturated rings. The highest BCUT2D eigenvalue weighted by Crippen LogP contribution is 2.27. The van der Waals surface area contributed by atoms with E-state index < -0.39 is 5.91 Å². The number of nitrogens with one attached hydrogen (secondary N) is 2. The molecule has 23 heavy (non-hydrogen) atoms. The highest BCUT2D eigenvalue weighted by Gasteiger charge is 2.27. The van der Waals surface area contributed by atoms with Crippen LogP contribution in [0.2, 0.25) is 0 Å². The zero-order valence-electron chi connectivity index (χ0n) is 14.3. The average molecular weight is 321 g/mol. The van der Waals surface area contributed by atoms with E-state index in [2.05, 4.69) is 20.6 Å². The van der Waals surface area contributed by atoms with Crippen molar-refractivity contribution in [1.82, 2.24) is 9.97 Å². The molecular weight excluding hydrogens is 294 g/mol. The quantitative estimate of drug-likeness (QED) is 0.672. The van der Waals surface area contributed by atoms with Gasteiger partial charge in [0.1, 0.15) is 5.82 Å². The van der Waals surface area contributed by atoms with Gasteiger partial charge in [-0.25, -0.2) is 4.98 Å². The molecule has 1 aliphatic carbocycles. The standard InChI is InChI=1S/C16H27N5O2/c1-9-5-6-10(7-12(9)22)19-14-11(13(17)23)8-18-15(20-14)21-16(2,3)4/h8-10,12,22H,5-7H2,1-4H3,(H2,17,23)(H2,18,19,20,21)/t9?,10-,12-/m1/s1. The fraction of sp³-hybridized carbons (Fsp3) is 0.688. The lowest BCUT2D eigenvalue weighted by Crippen LogP contribution is -2.36. The molecule has 7 heteroatoms. The van der Waals surface area contributed by atoms with Crippen molar-refractivity contribution < 1.29 is 9.90 Å². The maximum atomic E-state index is 11.6. The number of aliphatic hydroxyl groups excluding tert-OH is 1. The molecular formula is C16H27N5O2. The van der Waals surface area contributed by atoms with Crippen molar-refractivity contribution in [3.05, 3.63) is 11.8 Å². The van der Waals surface area contributed by atoms with Crippen LogP contribution in [0, 0.1) is 5.92 Å². The Bertz CT molecular complexity index is 570. The molecule has 128 valence electrons. The number of hydrogen-bond donors (Lipinski definition) is 4. The first-order valence-electron chi connectivity index (χ1n) is 8.05. The number of primary amides is 1. The van der Waals surface area contributed by atoms with Crippen molar-refractivity contribution in [2.24, 2.45) is 11.7 Å². The van der Waals surface area contributed by atoms with Gasteiger partial charge in [-0.15, -0.1) is 0 Å². The Morgan fingerprint density at radius 2 is 2.09 bits per heavy atom. The van der Waals surface area contributed by atoms with Crippen molar-refractivity contribution >= 4 is 17.7 Å². The van der Waals surface area contributed by atoms with Gasteiger partial charge >= 0.3 is 0 Å². The second-order valence-electron chi connectivity index (χ2n) is 7.39. The van der Waals surface area contributed by atoms with Gasteiger partial charge in [0.05, 0.1) is 11.7 Å². The van der Waals surface area contributed by atoms with E-state index in [1.54, 1.807) is 0 Å². The molecule has 0 spiro atoms. The number of nitrogens with zero attached hydrogens (tertiary/aromatic N) is 2. The third-order valence-electron chi connectivity index (χ3n) is 4.04. The monoisotopic (exact) mass is 321 g/mol. The Morgan fingerprint density at radius 3 is 2.65 bits per heavy atom. The van der Waals surface area contributed by atoms with E-state index in [0.717, 1.165) is 12.8 Å². The van der Waals surface area contributed by atoms with Gasteiger partial charge in [0.15, 0.2) is 0 Å². The van der Waals surface area contributed by atoms with E-state index in [1.807, 2.05) is 27.7 Å². The number of carbonyl (C=O) groups is 1. The maximum Gasteiger partial charge on any atom is 0.254 e. The summed E-state index contributed by atoms with van der Waals surface area (Å²) >= 11 is 0. The Balaban J connectivity index is 2.20. The van der Waals surface area contributed by atoms with Crippen LogP contribution in [0.15, 0.2) is 6.20 Å². The summed E-state index contributed by atoms with van der Waals surface area (Å²) in [6.45, 7) is 8.06. The zero-order chi connectivity index (χ0) is 17.2. The van der Waals surface area contributed by atoms with Gasteiger partial charge < -0.3 is 21.5 Å². The molecule has 2 rings (SSSR count). The normalized spacial score (nSPS) is 25.0. The van der Waals surface area contributed by atoms with Gasteiger partial charge in [0.2, 0.25) is 5.95 Å². The van der Waals surface area contributed by atoms with E-state index in [1.165, 1.54) is 6.20 Å². The van der Waals surface area contributed by atoms with Gasteiger partial charge in [-0.1, -0.05) is 6.92 Å². The van der Waals surface area contributed by atoms with Gasteiger partial charge in [-0.2, -0.15) is 4.98 Å². The first kappa shape index (κ1) is 17.5. The van der Waals surface area contributed by atoms with Gasteiger partial charge in [0.25, 0.3) is 5.91 Å². The minimum absolute atomic E-state index is 0.0664. The number of rotatable bonds is 4. The molecule has 1 unspecified atom stereocenters. The molecule has 1 aliphatic rings. The summed E-state index contributed by atoms with van der Waals surface area (Å²) in [5.41, 5.74) is 5.49. The molecule has 0 aliphatic heterocycles. The first-order chi connectivity index (χ1) is 10.7. The van der Waals surface area contributed by atoms with Crippen LogP contribution in [0.25, 0.3) is 0 Å². The second kappa shape index (κ2) is 6.70. The third-order valence-corrected chi connectivity index (χ3v) is 4.04. The summed E-state index contributed by atoms with van der Waals surface area (Å²) in [6, 6.07) is 0.0664. The number of hydrogen-bond acceptors (Lipinski definition) is 6. The molecule has 1 aromatic rings. The van der Waals surface area contributed by atoms with Crippen LogP contribution in [0.5, 0.6) is 0 Å². The van der Waals surface area contributed by atoms with Crippen molar-refractivity contribution in [3.8, 4) is 0 Å². The summed E-state index contributed by atoms with van der Waals surface area (Å²) in [5.74, 6) is 0.590. The van der Waals surface area contributed by atoms with Crippen LogP contribution in [-0.2, 0) is 0 Å². The first-order valence-corrected chi connectivity index (χ1v) is 8.05. The Labute approximate surface area is 137 Å². The topological polar surface area (TPSA) is 113 Å². The largest absolute Gasteiger partial charge is 0.393 e. The van der Waals surface area contributed by atoms with Crippen LogP contribution in [-0.4, -0.2) is 38.7 Å². The van der Waals surface area contributed by atoms with Crippen LogP contribution in [0.1, 0.15) is 57.3 Å². The molecule has 0 saturated heterocycles. The van der Waals surface area contributed by atoms with Crippen molar-refractivity contribution in [2.75, 3.05) is 10.6 Å². The van der Waals surface area contributed by atoms with Crippen molar-refractivity contribution in [2.45, 2.75) is 64.6 Å². The predicted molar refractivity (Wildman–Crippen MR) is 90.4 cm³/mol. The lowest BCUT2D eigenvalue weighted by Gasteiger charge is -2.32. The van der Waals surface area contributed by atoms with Gasteiger partial charge in [0, 0.05) is 17.8 Å². The zero-order valence-corrected chi connectivity index (χ0v) is 14.3. The fourth-order valence-electron chi connectivity index (χ4n) is 2.69. The number of aromatic nitrogens is 2. The molecule has 0 bridgehead atoms. The molecule has 1 amide bonds. The van der Waals surface area contributed by atoms with E-state index in [-0.39, 0.29) is 23.2 Å². The highest BCUT2D eigenvalue weighted by molar-refractivity contribution is 5.97. The predicted octanol–water partition coefficient (Wildman–Crippen LogP) is 1.75. The van der Waals surface area contributed by atoms with E-state index in [4.69, 9.17) is 5.73 Å². The maximum absolute atomic E-state index is 11.6. The van der Waals surface area contributed by atoms with Crippen LogP contribution < -0.4 is 16.4 Å². The Morgan fingerprint density at radius 1 is 1.39 bits per heavy atom. The summed E-state index contributed by atoms with van der Waals surface area (Å²) in [6.07, 6.45) is 3.58. The average Bonchev–Trinajstić information content (AvgIpc) is 2.41. The SMILES string of the molecule is CC1CC[C@@H](Nc2nc(NC(C)(C)C)ncc2C(N)=O)C[C@H]1O. The lowest BCUT2D eigenvalue weighted by molar-refractivity contribution is 0.0739. The summed E-state index contributed by atoms with van der Waals surface area (Å²) < 4.78 is 0. The van der Waals surface area contributed by atoms with E-state index in [0.29, 0.717) is 24.1 Å². The second-order valence-corrected chi connectivity index (χ2v) is 7.39. The van der Waals surface area contributed by atoms with Crippen LogP contribution in [0.3, 0.4) is 0 Å². The molecule has 3 atom stereocenters. The number of aliphatic hydroxyl groups is 1. The van der Waals surface area contributed by atoms with Crippen molar-refractivity contribution in [3.63, 3.8) is 0 Å².